The third-order valence-electron chi connectivity index (χ3n) is 5.86. The highest BCUT2D eigenvalue weighted by molar-refractivity contribution is 7.92. The third-order valence-corrected chi connectivity index (χ3v) is 8.39. The van der Waals surface area contributed by atoms with Gasteiger partial charge in [-0.25, -0.2) is 13.8 Å². The van der Waals surface area contributed by atoms with Gasteiger partial charge in [0.2, 0.25) is 0 Å². The van der Waals surface area contributed by atoms with Crippen LogP contribution in [0.4, 0.5) is 5.69 Å². The Kier molecular flexibility index (Phi) is 12.1. The molecule has 0 spiro atoms. The van der Waals surface area contributed by atoms with Crippen LogP contribution in [0.3, 0.4) is 0 Å². The number of ether oxygens (including phenoxy) is 1. The summed E-state index contributed by atoms with van der Waals surface area (Å²) >= 11 is 12.1. The van der Waals surface area contributed by atoms with Gasteiger partial charge in [0.1, 0.15) is 12.3 Å². The summed E-state index contributed by atoms with van der Waals surface area (Å²) in [4.78, 5) is 12.8. The first-order valence-electron chi connectivity index (χ1n) is 12.9. The molecular weight excluding hydrogens is 557 g/mol. The summed E-state index contributed by atoms with van der Waals surface area (Å²) in [5.41, 5.74) is 3.34. The minimum atomic E-state index is -4.07. The van der Waals surface area contributed by atoms with Crippen LogP contribution in [0.5, 0.6) is 5.75 Å². The van der Waals surface area contributed by atoms with Gasteiger partial charge in [-0.3, -0.25) is 9.10 Å². The lowest BCUT2D eigenvalue weighted by molar-refractivity contribution is -0.119. The summed E-state index contributed by atoms with van der Waals surface area (Å²) < 4.78 is 33.5. The number of carbonyl (C=O) groups excluding carboxylic acids is 1. The average molecular weight is 591 g/mol. The van der Waals surface area contributed by atoms with Crippen molar-refractivity contribution in [2.45, 2.75) is 50.3 Å². The fraction of sp³-hybridized carbons (Fsp3) is 0.310. The third kappa shape index (κ3) is 9.56. The number of nitrogens with zero attached hydrogens (tertiary/aromatic N) is 2. The standard InChI is InChI=1S/C29H33Cl2N3O4S/c1-2-3-4-5-6-10-19-38-25-16-13-23(14-17-25)21-32-33-29(35)22-34(24-15-18-27(30)28(31)20-24)39(36,37)26-11-8-7-9-12-26/h7-9,11-18,20-21H,2-6,10,19,22H2,1H3,(H,33,35)/b32-21-. The van der Waals surface area contributed by atoms with Gasteiger partial charge in [0, 0.05) is 0 Å². The molecular formula is C29H33Cl2N3O4S. The van der Waals surface area contributed by atoms with Gasteiger partial charge in [-0.15, -0.1) is 0 Å². The minimum Gasteiger partial charge on any atom is -0.494 e. The number of hydrogen-bond acceptors (Lipinski definition) is 5. The van der Waals surface area contributed by atoms with Crippen LogP contribution < -0.4 is 14.5 Å². The van der Waals surface area contributed by atoms with E-state index in [0.717, 1.165) is 22.0 Å². The summed E-state index contributed by atoms with van der Waals surface area (Å²) in [6, 6.07) is 19.5. The van der Waals surface area contributed by atoms with E-state index in [1.807, 2.05) is 24.3 Å². The van der Waals surface area contributed by atoms with Crippen LogP contribution in [-0.4, -0.2) is 33.7 Å². The van der Waals surface area contributed by atoms with E-state index in [1.165, 1.54) is 68.7 Å². The van der Waals surface area contributed by atoms with Crippen molar-refractivity contribution >= 4 is 51.0 Å². The minimum absolute atomic E-state index is 0.0335. The number of hydrogen-bond donors (Lipinski definition) is 1. The molecule has 0 aliphatic carbocycles. The molecule has 0 aliphatic heterocycles. The van der Waals surface area contributed by atoms with Crippen LogP contribution >= 0.6 is 23.2 Å². The lowest BCUT2D eigenvalue weighted by Crippen LogP contribution is -2.39. The molecule has 0 heterocycles. The second-order valence-electron chi connectivity index (χ2n) is 8.90. The smallest absolute Gasteiger partial charge is 0.264 e. The van der Waals surface area contributed by atoms with E-state index in [-0.39, 0.29) is 20.6 Å². The number of anilines is 1. The van der Waals surface area contributed by atoms with Crippen molar-refractivity contribution in [1.82, 2.24) is 5.43 Å². The Morgan fingerprint density at radius 2 is 1.62 bits per heavy atom. The number of rotatable bonds is 15. The van der Waals surface area contributed by atoms with E-state index >= 15 is 0 Å². The number of halogens is 2. The quantitative estimate of drug-likeness (QED) is 0.116. The zero-order valence-corrected chi connectivity index (χ0v) is 24.2. The van der Waals surface area contributed by atoms with Crippen molar-refractivity contribution in [1.29, 1.82) is 0 Å². The Balaban J connectivity index is 1.59. The highest BCUT2D eigenvalue weighted by Gasteiger charge is 2.27. The lowest BCUT2D eigenvalue weighted by Gasteiger charge is -2.24. The van der Waals surface area contributed by atoms with E-state index in [9.17, 15) is 13.2 Å². The molecule has 208 valence electrons. The number of sulfonamides is 1. The largest absolute Gasteiger partial charge is 0.494 e. The second-order valence-corrected chi connectivity index (χ2v) is 11.6. The maximum Gasteiger partial charge on any atom is 0.264 e. The van der Waals surface area contributed by atoms with E-state index in [0.29, 0.717) is 6.61 Å². The highest BCUT2D eigenvalue weighted by atomic mass is 35.5. The molecule has 3 aromatic carbocycles. The molecule has 0 aliphatic rings. The van der Waals surface area contributed by atoms with Gasteiger partial charge < -0.3 is 4.74 Å². The van der Waals surface area contributed by atoms with Crippen molar-refractivity contribution in [2.75, 3.05) is 17.5 Å². The topological polar surface area (TPSA) is 88.1 Å². The van der Waals surface area contributed by atoms with Gasteiger partial charge in [-0.2, -0.15) is 5.10 Å². The predicted octanol–water partition coefficient (Wildman–Crippen LogP) is 7.08. The number of carbonyl (C=O) groups is 1. The van der Waals surface area contributed by atoms with Crippen molar-refractivity contribution in [3.8, 4) is 5.75 Å². The number of nitrogens with one attached hydrogen (secondary N) is 1. The summed E-state index contributed by atoms with van der Waals surface area (Å²) in [6.07, 6.45) is 8.71. The first kappa shape index (κ1) is 30.5. The molecule has 39 heavy (non-hydrogen) atoms. The van der Waals surface area contributed by atoms with Crippen molar-refractivity contribution < 1.29 is 17.9 Å². The van der Waals surface area contributed by atoms with Gasteiger partial charge in [0.25, 0.3) is 15.9 Å². The Morgan fingerprint density at radius 3 is 2.31 bits per heavy atom. The fourth-order valence-corrected chi connectivity index (χ4v) is 5.47. The molecule has 3 aromatic rings. The fourth-order valence-electron chi connectivity index (χ4n) is 3.74. The summed E-state index contributed by atoms with van der Waals surface area (Å²) in [5.74, 6) is 0.142. The van der Waals surface area contributed by atoms with Crippen LogP contribution in [0.2, 0.25) is 10.0 Å². The van der Waals surface area contributed by atoms with E-state index in [4.69, 9.17) is 27.9 Å². The van der Waals surface area contributed by atoms with E-state index < -0.39 is 22.5 Å². The molecule has 7 nitrogen and oxygen atoms in total. The van der Waals surface area contributed by atoms with Crippen LogP contribution in [0.25, 0.3) is 0 Å². The van der Waals surface area contributed by atoms with Crippen LogP contribution in [-0.2, 0) is 14.8 Å². The van der Waals surface area contributed by atoms with Gasteiger partial charge in [-0.1, -0.05) is 80.4 Å². The molecule has 3 rings (SSSR count). The van der Waals surface area contributed by atoms with Crippen molar-refractivity contribution in [3.63, 3.8) is 0 Å². The normalized spacial score (nSPS) is 11.5. The SMILES string of the molecule is CCCCCCCCOc1ccc(/C=N\NC(=O)CN(c2ccc(Cl)c(Cl)c2)S(=O)(=O)c2ccccc2)cc1. The molecule has 0 aromatic heterocycles. The van der Waals surface area contributed by atoms with Gasteiger partial charge in [0.05, 0.1) is 33.4 Å². The number of hydrazone groups is 1. The van der Waals surface area contributed by atoms with Crippen LogP contribution in [0.15, 0.2) is 82.8 Å². The lowest BCUT2D eigenvalue weighted by atomic mass is 10.1. The molecule has 0 bridgehead atoms. The summed E-state index contributed by atoms with van der Waals surface area (Å²) in [5, 5.41) is 4.42. The van der Waals surface area contributed by atoms with Crippen LogP contribution in [0, 0.1) is 0 Å². The molecule has 10 heteroatoms. The predicted molar refractivity (Wildman–Crippen MR) is 158 cm³/mol. The average Bonchev–Trinajstić information content (AvgIpc) is 2.94. The molecule has 0 saturated carbocycles. The summed E-state index contributed by atoms with van der Waals surface area (Å²) in [6.45, 7) is 2.37. The molecule has 1 amide bonds. The Bertz CT molecular complexity index is 1330. The molecule has 1 N–H and O–H groups in total. The van der Waals surface area contributed by atoms with Crippen molar-refractivity contribution in [2.24, 2.45) is 5.10 Å². The Hall–Kier alpha value is -3.07. The molecule has 0 radical (unpaired) electrons. The van der Waals surface area contributed by atoms with Gasteiger partial charge in [-0.05, 0) is 66.6 Å². The number of amides is 1. The van der Waals surface area contributed by atoms with E-state index in [1.54, 1.807) is 18.2 Å². The highest BCUT2D eigenvalue weighted by Crippen LogP contribution is 2.30. The Morgan fingerprint density at radius 1 is 0.923 bits per heavy atom. The monoisotopic (exact) mass is 589 g/mol. The van der Waals surface area contributed by atoms with Gasteiger partial charge in [0.15, 0.2) is 0 Å². The molecule has 0 atom stereocenters. The number of unbranched alkanes of at least 4 members (excludes halogenated alkanes) is 5. The molecule has 0 unspecified atom stereocenters. The zero-order valence-electron chi connectivity index (χ0n) is 21.9. The first-order valence-corrected chi connectivity index (χ1v) is 15.1. The van der Waals surface area contributed by atoms with Crippen molar-refractivity contribution in [3.05, 3.63) is 88.4 Å². The molecule has 0 saturated heterocycles. The Labute approximate surface area is 240 Å². The summed E-state index contributed by atoms with van der Waals surface area (Å²) in [7, 11) is -4.07. The maximum atomic E-state index is 13.4. The first-order chi connectivity index (χ1) is 18.8. The maximum absolute atomic E-state index is 13.4. The second kappa shape index (κ2) is 15.5. The zero-order chi connectivity index (χ0) is 28.1. The number of benzene rings is 3. The van der Waals surface area contributed by atoms with Gasteiger partial charge >= 0.3 is 0 Å². The van der Waals surface area contributed by atoms with Crippen LogP contribution in [0.1, 0.15) is 51.0 Å². The van der Waals surface area contributed by atoms with E-state index in [2.05, 4.69) is 17.5 Å². The molecule has 0 fully saturated rings.